The topological polar surface area (TPSA) is 29.3 Å². The van der Waals surface area contributed by atoms with Gasteiger partial charge in [-0.2, -0.15) is 0 Å². The number of halogens is 2. The Bertz CT molecular complexity index is 562. The van der Waals surface area contributed by atoms with E-state index in [9.17, 15) is 8.78 Å². The van der Waals surface area contributed by atoms with Crippen molar-refractivity contribution in [3.63, 3.8) is 0 Å². The van der Waals surface area contributed by atoms with Crippen LogP contribution in [-0.4, -0.2) is 0 Å². The number of fused-ring (bicyclic) bond motifs is 1. The molecule has 0 fully saturated rings. The lowest BCUT2D eigenvalue weighted by molar-refractivity contribution is 0.574. The van der Waals surface area contributed by atoms with Crippen LogP contribution in [-0.2, 0) is 13.1 Å². The minimum atomic E-state index is -0.611. The van der Waals surface area contributed by atoms with Crippen LogP contribution < -0.4 is 10.6 Å². The van der Waals surface area contributed by atoms with E-state index in [0.717, 1.165) is 23.3 Å². The molecule has 3 rings (SSSR count). The van der Waals surface area contributed by atoms with E-state index in [0.29, 0.717) is 13.1 Å². The summed E-state index contributed by atoms with van der Waals surface area (Å²) in [5.41, 5.74) is 7.72. The van der Waals surface area contributed by atoms with Crippen LogP contribution in [0.2, 0.25) is 0 Å². The van der Waals surface area contributed by atoms with E-state index in [1.165, 1.54) is 0 Å². The number of nitrogens with zero attached hydrogens (tertiary/aromatic N) is 1. The highest BCUT2D eigenvalue weighted by molar-refractivity contribution is 5.58. The molecule has 92 valence electrons. The smallest absolute Gasteiger partial charge is 0.151 e. The molecular formula is C14H12F2N2. The van der Waals surface area contributed by atoms with Crippen molar-refractivity contribution in [2.75, 3.05) is 10.6 Å². The van der Waals surface area contributed by atoms with E-state index in [-0.39, 0.29) is 11.4 Å². The number of benzene rings is 2. The summed E-state index contributed by atoms with van der Waals surface area (Å²) < 4.78 is 27.6. The second-order valence-electron chi connectivity index (χ2n) is 4.46. The molecule has 0 amide bonds. The van der Waals surface area contributed by atoms with Gasteiger partial charge in [-0.1, -0.05) is 24.3 Å². The maximum absolute atomic E-state index is 13.8. The second kappa shape index (κ2) is 3.98. The van der Waals surface area contributed by atoms with Crippen LogP contribution in [0.25, 0.3) is 0 Å². The van der Waals surface area contributed by atoms with Crippen LogP contribution in [0.5, 0.6) is 0 Å². The molecule has 0 bridgehead atoms. The van der Waals surface area contributed by atoms with Crippen molar-refractivity contribution < 1.29 is 8.78 Å². The zero-order chi connectivity index (χ0) is 12.7. The third-order valence-corrected chi connectivity index (χ3v) is 3.20. The molecule has 4 heteroatoms. The number of rotatable bonds is 1. The summed E-state index contributed by atoms with van der Waals surface area (Å²) in [4.78, 5) is 1.69. The summed E-state index contributed by atoms with van der Waals surface area (Å²) in [5.74, 6) is -1.22. The van der Waals surface area contributed by atoms with Crippen molar-refractivity contribution >= 4 is 11.4 Å². The molecule has 1 heterocycles. The number of hydrogen-bond acceptors (Lipinski definition) is 2. The van der Waals surface area contributed by atoms with Gasteiger partial charge in [0.2, 0.25) is 0 Å². The van der Waals surface area contributed by atoms with Gasteiger partial charge in [0.25, 0.3) is 0 Å². The molecule has 0 spiro atoms. The molecule has 0 saturated carbocycles. The Balaban J connectivity index is 2.00. The Morgan fingerprint density at radius 2 is 1.44 bits per heavy atom. The van der Waals surface area contributed by atoms with E-state index in [4.69, 9.17) is 5.73 Å². The van der Waals surface area contributed by atoms with Crippen molar-refractivity contribution in [3.05, 3.63) is 59.2 Å². The maximum Gasteiger partial charge on any atom is 0.151 e. The summed E-state index contributed by atoms with van der Waals surface area (Å²) >= 11 is 0. The Morgan fingerprint density at radius 3 is 1.94 bits per heavy atom. The first-order valence-corrected chi connectivity index (χ1v) is 5.71. The second-order valence-corrected chi connectivity index (χ2v) is 4.46. The number of nitrogens with two attached hydrogens (primary N) is 1. The highest BCUT2D eigenvalue weighted by Gasteiger charge is 2.24. The lowest BCUT2D eigenvalue weighted by Gasteiger charge is -2.19. The standard InChI is InChI=1S/C14H12F2N2/c15-12-5-11(17)6-13(16)14(12)18-7-9-3-1-2-4-10(9)8-18/h1-6H,7-8,17H2. The lowest BCUT2D eigenvalue weighted by atomic mass is 10.1. The largest absolute Gasteiger partial charge is 0.399 e. The maximum atomic E-state index is 13.8. The normalized spacial score (nSPS) is 13.8. The lowest BCUT2D eigenvalue weighted by Crippen LogP contribution is -2.18. The molecule has 2 nitrogen and oxygen atoms in total. The first-order chi connectivity index (χ1) is 8.65. The zero-order valence-corrected chi connectivity index (χ0v) is 9.66. The van der Waals surface area contributed by atoms with Gasteiger partial charge in [0, 0.05) is 18.8 Å². The summed E-state index contributed by atoms with van der Waals surface area (Å²) in [6, 6.07) is 10.1. The Labute approximate surface area is 104 Å². The molecule has 18 heavy (non-hydrogen) atoms. The van der Waals surface area contributed by atoms with Gasteiger partial charge in [-0.05, 0) is 23.3 Å². The minimum Gasteiger partial charge on any atom is -0.399 e. The van der Waals surface area contributed by atoms with Gasteiger partial charge in [0.15, 0.2) is 11.6 Å². The molecule has 2 aromatic rings. The quantitative estimate of drug-likeness (QED) is 0.783. The highest BCUT2D eigenvalue weighted by Crippen LogP contribution is 2.32. The van der Waals surface area contributed by atoms with Gasteiger partial charge >= 0.3 is 0 Å². The van der Waals surface area contributed by atoms with Gasteiger partial charge in [-0.25, -0.2) is 8.78 Å². The average molecular weight is 246 g/mol. The number of hydrogen-bond donors (Lipinski definition) is 1. The average Bonchev–Trinajstić information content (AvgIpc) is 2.70. The highest BCUT2D eigenvalue weighted by atomic mass is 19.1. The number of anilines is 2. The van der Waals surface area contributed by atoms with E-state index in [1.807, 2.05) is 24.3 Å². The molecule has 2 N–H and O–H groups in total. The zero-order valence-electron chi connectivity index (χ0n) is 9.66. The van der Waals surface area contributed by atoms with Crippen LogP contribution in [0.3, 0.4) is 0 Å². The fourth-order valence-electron chi connectivity index (χ4n) is 2.38. The van der Waals surface area contributed by atoms with Gasteiger partial charge in [0.05, 0.1) is 0 Å². The summed E-state index contributed by atoms with van der Waals surface area (Å²) in [6.07, 6.45) is 0. The predicted octanol–water partition coefficient (Wildman–Crippen LogP) is 3.07. The van der Waals surface area contributed by atoms with E-state index in [1.54, 1.807) is 4.90 Å². The van der Waals surface area contributed by atoms with Crippen molar-refractivity contribution in [3.8, 4) is 0 Å². The molecule has 2 aromatic carbocycles. The molecule has 0 aliphatic carbocycles. The van der Waals surface area contributed by atoms with Crippen LogP contribution in [0, 0.1) is 11.6 Å². The molecule has 0 aromatic heterocycles. The Morgan fingerprint density at radius 1 is 0.944 bits per heavy atom. The molecular weight excluding hydrogens is 234 g/mol. The summed E-state index contributed by atoms with van der Waals surface area (Å²) in [6.45, 7) is 1.04. The Kier molecular flexibility index (Phi) is 2.44. The van der Waals surface area contributed by atoms with E-state index >= 15 is 0 Å². The third-order valence-electron chi connectivity index (χ3n) is 3.20. The molecule has 1 aliphatic rings. The summed E-state index contributed by atoms with van der Waals surface area (Å²) in [7, 11) is 0. The van der Waals surface area contributed by atoms with Crippen molar-refractivity contribution in [1.82, 2.24) is 0 Å². The van der Waals surface area contributed by atoms with Gasteiger partial charge in [-0.15, -0.1) is 0 Å². The van der Waals surface area contributed by atoms with Gasteiger partial charge in [-0.3, -0.25) is 0 Å². The summed E-state index contributed by atoms with van der Waals surface area (Å²) in [5, 5.41) is 0. The van der Waals surface area contributed by atoms with Gasteiger partial charge in [0.1, 0.15) is 5.69 Å². The monoisotopic (exact) mass is 246 g/mol. The van der Waals surface area contributed by atoms with Crippen LogP contribution >= 0.6 is 0 Å². The SMILES string of the molecule is Nc1cc(F)c(N2Cc3ccccc3C2)c(F)c1. The number of nitrogen functional groups attached to an aromatic ring is 1. The molecule has 0 radical (unpaired) electrons. The molecule has 1 aliphatic heterocycles. The van der Waals surface area contributed by atoms with Crippen molar-refractivity contribution in [2.24, 2.45) is 0 Å². The fraction of sp³-hybridized carbons (Fsp3) is 0.143. The molecule has 0 atom stereocenters. The van der Waals surface area contributed by atoms with Crippen LogP contribution in [0.15, 0.2) is 36.4 Å². The van der Waals surface area contributed by atoms with Gasteiger partial charge < -0.3 is 10.6 Å². The van der Waals surface area contributed by atoms with E-state index in [2.05, 4.69) is 0 Å². The van der Waals surface area contributed by atoms with Crippen molar-refractivity contribution in [2.45, 2.75) is 13.1 Å². The first-order valence-electron chi connectivity index (χ1n) is 5.71. The molecule has 0 unspecified atom stereocenters. The third kappa shape index (κ3) is 1.70. The molecule has 0 saturated heterocycles. The fourth-order valence-corrected chi connectivity index (χ4v) is 2.38. The van der Waals surface area contributed by atoms with Crippen LogP contribution in [0.4, 0.5) is 20.2 Å². The van der Waals surface area contributed by atoms with Crippen LogP contribution in [0.1, 0.15) is 11.1 Å². The van der Waals surface area contributed by atoms with E-state index < -0.39 is 11.6 Å². The van der Waals surface area contributed by atoms with Crippen molar-refractivity contribution in [1.29, 1.82) is 0 Å². The predicted molar refractivity (Wildman–Crippen MR) is 67.1 cm³/mol. The first kappa shape index (κ1) is 11.0. The Hall–Kier alpha value is -2.10. The minimum absolute atomic E-state index is 0.000370.